The average molecular weight is 272 g/mol. The molecule has 19 heavy (non-hydrogen) atoms. The van der Waals surface area contributed by atoms with Crippen molar-refractivity contribution in [3.8, 4) is 10.6 Å². The second-order valence-electron chi connectivity index (χ2n) is 5.22. The van der Waals surface area contributed by atoms with Crippen LogP contribution in [0.5, 0.6) is 0 Å². The Morgan fingerprint density at radius 2 is 2.05 bits per heavy atom. The van der Waals surface area contributed by atoms with E-state index in [-0.39, 0.29) is 0 Å². The van der Waals surface area contributed by atoms with Crippen molar-refractivity contribution in [2.75, 3.05) is 6.54 Å². The van der Waals surface area contributed by atoms with Gasteiger partial charge in [0.15, 0.2) is 0 Å². The van der Waals surface area contributed by atoms with E-state index in [9.17, 15) is 0 Å². The number of rotatable bonds is 6. The molecule has 1 aliphatic rings. The molecular weight excluding hydrogens is 252 g/mol. The van der Waals surface area contributed by atoms with Crippen LogP contribution in [0.3, 0.4) is 0 Å². The van der Waals surface area contributed by atoms with Gasteiger partial charge in [-0.25, -0.2) is 4.98 Å². The molecule has 1 heterocycles. The molecule has 0 saturated heterocycles. The van der Waals surface area contributed by atoms with Crippen molar-refractivity contribution in [1.82, 2.24) is 10.3 Å². The molecule has 3 rings (SSSR count). The van der Waals surface area contributed by atoms with Gasteiger partial charge in [-0.15, -0.1) is 11.3 Å². The van der Waals surface area contributed by atoms with E-state index in [1.165, 1.54) is 30.4 Å². The molecule has 1 saturated carbocycles. The van der Waals surface area contributed by atoms with Crippen molar-refractivity contribution in [1.29, 1.82) is 0 Å². The molecule has 0 radical (unpaired) electrons. The largest absolute Gasteiger partial charge is 0.311 e. The zero-order valence-corrected chi connectivity index (χ0v) is 12.2. The Balaban J connectivity index is 1.67. The SMILES string of the molecule is CCCNCc1csc(-c2ccc(C3CC3)cc2)n1. The van der Waals surface area contributed by atoms with E-state index in [2.05, 4.69) is 41.9 Å². The van der Waals surface area contributed by atoms with Crippen molar-refractivity contribution in [2.45, 2.75) is 38.6 Å². The van der Waals surface area contributed by atoms with Crippen molar-refractivity contribution in [2.24, 2.45) is 0 Å². The van der Waals surface area contributed by atoms with Gasteiger partial charge in [0.05, 0.1) is 5.69 Å². The monoisotopic (exact) mass is 272 g/mol. The maximum absolute atomic E-state index is 4.70. The van der Waals surface area contributed by atoms with E-state index in [0.29, 0.717) is 0 Å². The first-order valence-corrected chi connectivity index (χ1v) is 8.00. The number of nitrogens with one attached hydrogen (secondary N) is 1. The van der Waals surface area contributed by atoms with Crippen molar-refractivity contribution < 1.29 is 0 Å². The fourth-order valence-corrected chi connectivity index (χ4v) is 3.05. The zero-order chi connectivity index (χ0) is 13.1. The summed E-state index contributed by atoms with van der Waals surface area (Å²) in [6, 6.07) is 8.97. The van der Waals surface area contributed by atoms with E-state index in [4.69, 9.17) is 4.98 Å². The summed E-state index contributed by atoms with van der Waals surface area (Å²) in [6.45, 7) is 4.12. The Hall–Kier alpha value is -1.19. The Bertz CT molecular complexity index is 526. The highest BCUT2D eigenvalue weighted by Gasteiger charge is 2.23. The fourth-order valence-electron chi connectivity index (χ4n) is 2.23. The molecule has 0 unspecified atom stereocenters. The molecule has 3 heteroatoms. The van der Waals surface area contributed by atoms with Gasteiger partial charge in [-0.3, -0.25) is 0 Å². The van der Waals surface area contributed by atoms with Crippen molar-refractivity contribution in [3.63, 3.8) is 0 Å². The highest BCUT2D eigenvalue weighted by molar-refractivity contribution is 7.13. The van der Waals surface area contributed by atoms with Gasteiger partial charge < -0.3 is 5.32 Å². The first kappa shape index (κ1) is 12.8. The average Bonchev–Trinajstić information content (AvgIpc) is 3.19. The summed E-state index contributed by atoms with van der Waals surface area (Å²) >= 11 is 1.74. The number of hydrogen-bond donors (Lipinski definition) is 1. The van der Waals surface area contributed by atoms with Gasteiger partial charge in [-0.05, 0) is 37.3 Å². The predicted molar refractivity (Wildman–Crippen MR) is 81.5 cm³/mol. The molecule has 0 bridgehead atoms. The zero-order valence-electron chi connectivity index (χ0n) is 11.4. The number of aromatic nitrogens is 1. The van der Waals surface area contributed by atoms with E-state index in [1.807, 2.05) is 0 Å². The summed E-state index contributed by atoms with van der Waals surface area (Å²) in [7, 11) is 0. The Kier molecular flexibility index (Phi) is 3.95. The van der Waals surface area contributed by atoms with Crippen LogP contribution in [0.1, 0.15) is 43.4 Å². The predicted octanol–water partition coefficient (Wildman–Crippen LogP) is 4.19. The third-order valence-corrected chi connectivity index (χ3v) is 4.43. The number of nitrogens with zero attached hydrogens (tertiary/aromatic N) is 1. The first-order valence-electron chi connectivity index (χ1n) is 7.12. The van der Waals surface area contributed by atoms with Crippen LogP contribution < -0.4 is 5.32 Å². The number of thiazole rings is 1. The molecule has 1 aliphatic carbocycles. The normalized spacial score (nSPS) is 14.8. The minimum absolute atomic E-state index is 0.833. The molecule has 2 aromatic rings. The Morgan fingerprint density at radius 1 is 1.26 bits per heavy atom. The maximum Gasteiger partial charge on any atom is 0.123 e. The summed E-state index contributed by atoms with van der Waals surface area (Å²) in [5, 5.41) is 6.69. The van der Waals surface area contributed by atoms with E-state index in [0.717, 1.165) is 29.7 Å². The standard InChI is InChI=1S/C16H20N2S/c1-2-9-17-10-15-11-19-16(18-15)14-7-5-13(6-8-14)12-3-4-12/h5-8,11-12,17H,2-4,9-10H2,1H3. The van der Waals surface area contributed by atoms with E-state index in [1.54, 1.807) is 11.3 Å². The Morgan fingerprint density at radius 3 is 2.74 bits per heavy atom. The summed E-state index contributed by atoms with van der Waals surface area (Å²) < 4.78 is 0. The van der Waals surface area contributed by atoms with Gasteiger partial charge in [-0.2, -0.15) is 0 Å². The minimum atomic E-state index is 0.833. The molecule has 0 atom stereocenters. The lowest BCUT2D eigenvalue weighted by atomic mass is 10.1. The van der Waals surface area contributed by atoms with Crippen LogP contribution in [-0.4, -0.2) is 11.5 Å². The minimum Gasteiger partial charge on any atom is -0.311 e. The van der Waals surface area contributed by atoms with E-state index < -0.39 is 0 Å². The first-order chi connectivity index (χ1) is 9.36. The highest BCUT2D eigenvalue weighted by atomic mass is 32.1. The Labute approximate surface area is 118 Å². The van der Waals surface area contributed by atoms with Gasteiger partial charge >= 0.3 is 0 Å². The fraction of sp³-hybridized carbons (Fsp3) is 0.438. The van der Waals surface area contributed by atoms with Crippen LogP contribution in [0.25, 0.3) is 10.6 Å². The molecule has 0 spiro atoms. The lowest BCUT2D eigenvalue weighted by Gasteiger charge is -2.00. The highest BCUT2D eigenvalue weighted by Crippen LogP contribution is 2.40. The molecule has 100 valence electrons. The van der Waals surface area contributed by atoms with Gasteiger partial charge in [-0.1, -0.05) is 31.2 Å². The molecular formula is C16H20N2S. The van der Waals surface area contributed by atoms with E-state index >= 15 is 0 Å². The van der Waals surface area contributed by atoms with Gasteiger partial charge in [0.2, 0.25) is 0 Å². The van der Waals surface area contributed by atoms with Crippen LogP contribution >= 0.6 is 11.3 Å². The molecule has 1 fully saturated rings. The van der Waals surface area contributed by atoms with Crippen LogP contribution in [-0.2, 0) is 6.54 Å². The maximum atomic E-state index is 4.70. The summed E-state index contributed by atoms with van der Waals surface area (Å²) in [6.07, 6.45) is 3.90. The lowest BCUT2D eigenvalue weighted by Crippen LogP contribution is -2.13. The molecule has 0 amide bonds. The van der Waals surface area contributed by atoms with Crippen LogP contribution in [0.4, 0.5) is 0 Å². The number of hydrogen-bond acceptors (Lipinski definition) is 3. The summed E-state index contributed by atoms with van der Waals surface area (Å²) in [5.41, 5.74) is 3.89. The van der Waals surface area contributed by atoms with Crippen molar-refractivity contribution in [3.05, 3.63) is 40.9 Å². The van der Waals surface area contributed by atoms with Gasteiger partial charge in [0.1, 0.15) is 5.01 Å². The second-order valence-corrected chi connectivity index (χ2v) is 6.08. The van der Waals surface area contributed by atoms with Crippen molar-refractivity contribution >= 4 is 11.3 Å². The molecule has 1 aromatic carbocycles. The molecule has 1 N–H and O–H groups in total. The molecule has 0 aliphatic heterocycles. The summed E-state index contributed by atoms with van der Waals surface area (Å²) in [5.74, 6) is 0.833. The third kappa shape index (κ3) is 3.23. The van der Waals surface area contributed by atoms with Crippen LogP contribution in [0, 0.1) is 0 Å². The second kappa shape index (κ2) is 5.85. The smallest absolute Gasteiger partial charge is 0.123 e. The molecule has 2 nitrogen and oxygen atoms in total. The topological polar surface area (TPSA) is 24.9 Å². The van der Waals surface area contributed by atoms with Crippen LogP contribution in [0.2, 0.25) is 0 Å². The quantitative estimate of drug-likeness (QED) is 0.798. The van der Waals surface area contributed by atoms with Crippen LogP contribution in [0.15, 0.2) is 29.6 Å². The van der Waals surface area contributed by atoms with Gasteiger partial charge in [0, 0.05) is 17.5 Å². The lowest BCUT2D eigenvalue weighted by molar-refractivity contribution is 0.667. The summed E-state index contributed by atoms with van der Waals surface area (Å²) in [4.78, 5) is 4.70. The van der Waals surface area contributed by atoms with Gasteiger partial charge in [0.25, 0.3) is 0 Å². The third-order valence-electron chi connectivity index (χ3n) is 3.49. The number of benzene rings is 1. The molecule has 1 aromatic heterocycles.